The molecule has 192 valence electrons. The molecule has 1 saturated heterocycles. The van der Waals surface area contributed by atoms with Crippen molar-refractivity contribution in [1.82, 2.24) is 9.80 Å². The largest absolute Gasteiger partial charge is 0.507 e. The molecule has 0 spiro atoms. The van der Waals surface area contributed by atoms with E-state index in [0.717, 1.165) is 23.2 Å². The number of likely N-dealkylation sites (tertiary alicyclic amines) is 1. The zero-order chi connectivity index (χ0) is 26.5. The fourth-order valence-electron chi connectivity index (χ4n) is 4.51. The first kappa shape index (κ1) is 26.5. The Kier molecular flexibility index (Phi) is 8.31. The van der Waals surface area contributed by atoms with Crippen molar-refractivity contribution in [1.29, 1.82) is 0 Å². The first-order valence-corrected chi connectivity index (χ1v) is 12.6. The second-order valence-corrected chi connectivity index (χ2v) is 9.89. The molecule has 1 aliphatic heterocycles. The molecule has 3 aromatic rings. The van der Waals surface area contributed by atoms with E-state index >= 15 is 0 Å². The van der Waals surface area contributed by atoms with Crippen molar-refractivity contribution in [2.24, 2.45) is 0 Å². The van der Waals surface area contributed by atoms with Crippen LogP contribution in [0, 0.1) is 6.92 Å². The first-order chi connectivity index (χ1) is 17.8. The highest BCUT2D eigenvalue weighted by molar-refractivity contribution is 6.46. The molecule has 7 heteroatoms. The number of nitrogens with zero attached hydrogens (tertiary/aromatic N) is 2. The van der Waals surface area contributed by atoms with E-state index in [-0.39, 0.29) is 11.3 Å². The number of aryl methyl sites for hydroxylation is 1. The smallest absolute Gasteiger partial charge is 0.295 e. The molecule has 1 amide bonds. The summed E-state index contributed by atoms with van der Waals surface area (Å²) >= 11 is 6.10. The van der Waals surface area contributed by atoms with Crippen LogP contribution < -0.4 is 4.74 Å². The summed E-state index contributed by atoms with van der Waals surface area (Å²) in [5.74, 6) is -0.825. The summed E-state index contributed by atoms with van der Waals surface area (Å²) in [6.07, 6.45) is 0.691. The fraction of sp³-hybridized carbons (Fsp3) is 0.267. The van der Waals surface area contributed by atoms with Gasteiger partial charge in [-0.1, -0.05) is 54.1 Å². The predicted octanol–water partition coefficient (Wildman–Crippen LogP) is 5.60. The van der Waals surface area contributed by atoms with Gasteiger partial charge in [0.15, 0.2) is 0 Å². The number of hydrogen-bond acceptors (Lipinski definition) is 5. The van der Waals surface area contributed by atoms with Gasteiger partial charge in [0.25, 0.3) is 11.7 Å². The van der Waals surface area contributed by atoms with Gasteiger partial charge in [0.1, 0.15) is 18.1 Å². The second kappa shape index (κ2) is 11.6. The average Bonchev–Trinajstić information content (AvgIpc) is 3.13. The number of carbonyl (C=O) groups excluding carboxylic acids is 2. The van der Waals surface area contributed by atoms with Gasteiger partial charge in [-0.05, 0) is 81.0 Å². The molecule has 1 unspecified atom stereocenters. The van der Waals surface area contributed by atoms with Crippen LogP contribution in [0.3, 0.4) is 0 Å². The molecule has 0 aromatic heterocycles. The lowest BCUT2D eigenvalue weighted by Crippen LogP contribution is -2.32. The second-order valence-electron chi connectivity index (χ2n) is 9.46. The van der Waals surface area contributed by atoms with Crippen LogP contribution >= 0.6 is 11.6 Å². The van der Waals surface area contributed by atoms with E-state index in [2.05, 4.69) is 0 Å². The van der Waals surface area contributed by atoms with Crippen LogP contribution in [-0.2, 0) is 16.2 Å². The maximum absolute atomic E-state index is 13.2. The maximum atomic E-state index is 13.2. The van der Waals surface area contributed by atoms with Gasteiger partial charge in [0.2, 0.25) is 0 Å². The Morgan fingerprint density at radius 1 is 1.03 bits per heavy atom. The summed E-state index contributed by atoms with van der Waals surface area (Å²) in [6, 6.07) is 21.4. The van der Waals surface area contributed by atoms with E-state index in [9.17, 15) is 14.7 Å². The number of amides is 1. The molecule has 0 radical (unpaired) electrons. The minimum atomic E-state index is -0.700. The van der Waals surface area contributed by atoms with Gasteiger partial charge in [0, 0.05) is 17.1 Å². The van der Waals surface area contributed by atoms with Crippen LogP contribution in [0.25, 0.3) is 5.76 Å². The van der Waals surface area contributed by atoms with Gasteiger partial charge in [-0.15, -0.1) is 0 Å². The summed E-state index contributed by atoms with van der Waals surface area (Å²) in [6.45, 7) is 3.45. The number of Topliss-reactive ketones (excluding diaryl/α,β-unsaturated/α-hetero) is 1. The highest BCUT2D eigenvalue weighted by Gasteiger charge is 2.45. The van der Waals surface area contributed by atoms with Gasteiger partial charge in [-0.2, -0.15) is 0 Å². The quantitative estimate of drug-likeness (QED) is 0.227. The first-order valence-electron chi connectivity index (χ1n) is 12.2. The van der Waals surface area contributed by atoms with E-state index < -0.39 is 17.7 Å². The summed E-state index contributed by atoms with van der Waals surface area (Å²) < 4.78 is 5.96. The van der Waals surface area contributed by atoms with Crippen molar-refractivity contribution < 1.29 is 19.4 Å². The summed E-state index contributed by atoms with van der Waals surface area (Å²) in [7, 11) is 3.92. The molecular weight excluding hydrogens is 488 g/mol. The van der Waals surface area contributed by atoms with Crippen LogP contribution in [0.5, 0.6) is 5.75 Å². The lowest BCUT2D eigenvalue weighted by Gasteiger charge is -2.26. The monoisotopic (exact) mass is 518 g/mol. The summed E-state index contributed by atoms with van der Waals surface area (Å²) in [4.78, 5) is 29.9. The number of aliphatic hydroxyl groups excluding tert-OH is 1. The summed E-state index contributed by atoms with van der Waals surface area (Å²) in [5, 5.41) is 11.9. The molecule has 0 aliphatic carbocycles. The molecule has 1 aliphatic rings. The van der Waals surface area contributed by atoms with Crippen LogP contribution in [0.4, 0.5) is 0 Å². The number of ether oxygens (including phenoxy) is 1. The third kappa shape index (κ3) is 6.04. The Labute approximate surface area is 222 Å². The molecule has 3 aromatic carbocycles. The van der Waals surface area contributed by atoms with Crippen LogP contribution in [0.2, 0.25) is 5.02 Å². The minimum Gasteiger partial charge on any atom is -0.507 e. The Bertz CT molecular complexity index is 1300. The topological polar surface area (TPSA) is 70.1 Å². The van der Waals surface area contributed by atoms with Crippen molar-refractivity contribution in [3.63, 3.8) is 0 Å². The Morgan fingerprint density at radius 3 is 2.38 bits per heavy atom. The average molecular weight is 519 g/mol. The SMILES string of the molecule is Cc1cc(/C(O)=C2/C(=O)C(=O)N(CCCN(C)C)C2c2ccc(Cl)cc2)ccc1OCc1ccccc1. The molecule has 0 saturated carbocycles. The number of hydrogen-bond donors (Lipinski definition) is 1. The Morgan fingerprint density at radius 2 is 1.73 bits per heavy atom. The lowest BCUT2D eigenvalue weighted by molar-refractivity contribution is -0.139. The maximum Gasteiger partial charge on any atom is 0.295 e. The molecule has 0 bridgehead atoms. The van der Waals surface area contributed by atoms with Gasteiger partial charge in [-0.3, -0.25) is 9.59 Å². The van der Waals surface area contributed by atoms with E-state index in [1.165, 1.54) is 0 Å². The number of carbonyl (C=O) groups is 2. The van der Waals surface area contributed by atoms with E-state index in [0.29, 0.717) is 35.9 Å². The van der Waals surface area contributed by atoms with Crippen molar-refractivity contribution >= 4 is 29.1 Å². The molecule has 1 N–H and O–H groups in total. The molecule has 6 nitrogen and oxygen atoms in total. The third-order valence-electron chi connectivity index (χ3n) is 6.42. The highest BCUT2D eigenvalue weighted by atomic mass is 35.5. The van der Waals surface area contributed by atoms with Gasteiger partial charge < -0.3 is 19.6 Å². The molecule has 1 fully saturated rings. The van der Waals surface area contributed by atoms with E-state index in [1.807, 2.05) is 56.3 Å². The van der Waals surface area contributed by atoms with Crippen LogP contribution in [0.15, 0.2) is 78.4 Å². The normalized spacial score (nSPS) is 17.0. The van der Waals surface area contributed by atoms with Gasteiger partial charge >= 0.3 is 0 Å². The van der Waals surface area contributed by atoms with Crippen LogP contribution in [-0.4, -0.2) is 53.8 Å². The number of aliphatic hydroxyl groups is 1. The van der Waals surface area contributed by atoms with Gasteiger partial charge in [0.05, 0.1) is 11.6 Å². The van der Waals surface area contributed by atoms with Crippen molar-refractivity contribution in [2.45, 2.75) is 26.0 Å². The standard InChI is InChI=1S/C30H31ClN2O4/c1-20-18-23(12-15-25(20)37-19-21-8-5-4-6-9-21)28(34)26-27(22-10-13-24(31)14-11-22)33(30(36)29(26)35)17-7-16-32(2)3/h4-6,8-15,18,27,34H,7,16-17,19H2,1-3H3/b28-26-. The predicted molar refractivity (Wildman–Crippen MR) is 146 cm³/mol. The minimum absolute atomic E-state index is 0.0783. The molecule has 1 heterocycles. The number of halogens is 1. The van der Waals surface area contributed by atoms with Crippen LogP contribution in [0.1, 0.15) is 34.7 Å². The van der Waals surface area contributed by atoms with E-state index in [1.54, 1.807) is 47.4 Å². The molecule has 37 heavy (non-hydrogen) atoms. The highest BCUT2D eigenvalue weighted by Crippen LogP contribution is 2.40. The Hall–Kier alpha value is -3.61. The lowest BCUT2D eigenvalue weighted by atomic mass is 9.94. The number of rotatable bonds is 9. The molecule has 4 rings (SSSR count). The number of benzene rings is 3. The van der Waals surface area contributed by atoms with E-state index in [4.69, 9.17) is 16.3 Å². The third-order valence-corrected chi connectivity index (χ3v) is 6.67. The molecular formula is C30H31ClN2O4. The van der Waals surface area contributed by atoms with Crippen molar-refractivity contribution in [2.75, 3.05) is 27.2 Å². The zero-order valence-electron chi connectivity index (χ0n) is 21.3. The number of ketones is 1. The Balaban J connectivity index is 1.67. The zero-order valence-corrected chi connectivity index (χ0v) is 22.0. The van der Waals surface area contributed by atoms with Crippen molar-refractivity contribution in [3.8, 4) is 5.75 Å². The van der Waals surface area contributed by atoms with Crippen molar-refractivity contribution in [3.05, 3.63) is 106 Å². The van der Waals surface area contributed by atoms with Gasteiger partial charge in [-0.25, -0.2) is 0 Å². The fourth-order valence-corrected chi connectivity index (χ4v) is 4.64. The summed E-state index contributed by atoms with van der Waals surface area (Å²) in [5.41, 5.74) is 3.10. The molecule has 1 atom stereocenters.